The van der Waals surface area contributed by atoms with Crippen LogP contribution in [0.2, 0.25) is 0 Å². The molecule has 104 valence electrons. The van der Waals surface area contributed by atoms with Gasteiger partial charge in [0.15, 0.2) is 5.82 Å². The van der Waals surface area contributed by atoms with Gasteiger partial charge in [0.1, 0.15) is 0 Å². The topological polar surface area (TPSA) is 64.9 Å². The molecular weight excluding hydrogens is 250 g/mol. The van der Waals surface area contributed by atoms with Gasteiger partial charge in [-0.15, -0.1) is 0 Å². The molecule has 1 saturated carbocycles. The summed E-state index contributed by atoms with van der Waals surface area (Å²) >= 11 is 0. The molecule has 0 saturated heterocycles. The molecule has 0 bridgehead atoms. The SMILES string of the molecule is NC1(c2noc(C3CCc4ccccc43)n2)CCCC1. The van der Waals surface area contributed by atoms with E-state index in [1.54, 1.807) is 0 Å². The molecule has 0 radical (unpaired) electrons. The normalized spacial score (nSPS) is 23.9. The Balaban J connectivity index is 1.66. The second-order valence-corrected chi connectivity index (χ2v) is 6.11. The van der Waals surface area contributed by atoms with Gasteiger partial charge >= 0.3 is 0 Å². The van der Waals surface area contributed by atoms with Crippen LogP contribution in [0.3, 0.4) is 0 Å². The van der Waals surface area contributed by atoms with Crippen LogP contribution in [-0.2, 0) is 12.0 Å². The Morgan fingerprint density at radius 1 is 1.20 bits per heavy atom. The lowest BCUT2D eigenvalue weighted by molar-refractivity contribution is 0.341. The summed E-state index contributed by atoms with van der Waals surface area (Å²) < 4.78 is 5.54. The lowest BCUT2D eigenvalue weighted by Gasteiger charge is -2.17. The van der Waals surface area contributed by atoms with Gasteiger partial charge in [0.2, 0.25) is 5.89 Å². The molecule has 2 aliphatic rings. The van der Waals surface area contributed by atoms with Gasteiger partial charge in [-0.1, -0.05) is 42.3 Å². The quantitative estimate of drug-likeness (QED) is 0.910. The summed E-state index contributed by atoms with van der Waals surface area (Å²) in [5, 5.41) is 4.18. The molecular formula is C16H19N3O. The van der Waals surface area contributed by atoms with Gasteiger partial charge in [0.05, 0.1) is 11.5 Å². The van der Waals surface area contributed by atoms with Crippen molar-refractivity contribution in [3.63, 3.8) is 0 Å². The van der Waals surface area contributed by atoms with E-state index in [9.17, 15) is 0 Å². The predicted octanol–water partition coefficient (Wildman–Crippen LogP) is 2.88. The molecule has 4 nitrogen and oxygen atoms in total. The van der Waals surface area contributed by atoms with E-state index in [0.29, 0.717) is 5.82 Å². The van der Waals surface area contributed by atoms with Crippen molar-refractivity contribution in [1.82, 2.24) is 10.1 Å². The summed E-state index contributed by atoms with van der Waals surface area (Å²) in [6.45, 7) is 0. The van der Waals surface area contributed by atoms with E-state index in [1.807, 2.05) is 0 Å². The van der Waals surface area contributed by atoms with Crippen molar-refractivity contribution in [3.05, 3.63) is 47.1 Å². The molecule has 1 fully saturated rings. The van der Waals surface area contributed by atoms with Gasteiger partial charge in [0.25, 0.3) is 0 Å². The van der Waals surface area contributed by atoms with E-state index in [-0.39, 0.29) is 11.5 Å². The number of rotatable bonds is 2. The lowest BCUT2D eigenvalue weighted by atomic mass is 9.98. The number of benzene rings is 1. The zero-order valence-electron chi connectivity index (χ0n) is 11.5. The van der Waals surface area contributed by atoms with Crippen LogP contribution < -0.4 is 5.73 Å². The average Bonchev–Trinajstić information content (AvgIpc) is 3.16. The molecule has 1 unspecified atom stereocenters. The monoisotopic (exact) mass is 269 g/mol. The van der Waals surface area contributed by atoms with Crippen molar-refractivity contribution in [1.29, 1.82) is 0 Å². The van der Waals surface area contributed by atoms with Crippen molar-refractivity contribution >= 4 is 0 Å². The fourth-order valence-corrected chi connectivity index (χ4v) is 3.62. The first-order valence-electron chi connectivity index (χ1n) is 7.47. The summed E-state index contributed by atoms with van der Waals surface area (Å²) in [4.78, 5) is 4.64. The molecule has 2 aromatic rings. The number of aryl methyl sites for hydroxylation is 1. The molecule has 0 amide bonds. The van der Waals surface area contributed by atoms with Crippen LogP contribution in [0, 0.1) is 0 Å². The summed E-state index contributed by atoms with van der Waals surface area (Å²) in [7, 11) is 0. The molecule has 4 rings (SSSR count). The lowest BCUT2D eigenvalue weighted by Crippen LogP contribution is -2.34. The smallest absolute Gasteiger partial charge is 0.234 e. The molecule has 1 aromatic heterocycles. The number of hydrogen-bond donors (Lipinski definition) is 1. The van der Waals surface area contributed by atoms with Gasteiger partial charge in [0, 0.05) is 0 Å². The average molecular weight is 269 g/mol. The first-order valence-corrected chi connectivity index (χ1v) is 7.47. The van der Waals surface area contributed by atoms with Crippen molar-refractivity contribution in [2.75, 3.05) is 0 Å². The molecule has 0 spiro atoms. The highest BCUT2D eigenvalue weighted by atomic mass is 16.5. The van der Waals surface area contributed by atoms with Crippen LogP contribution in [0.5, 0.6) is 0 Å². The van der Waals surface area contributed by atoms with Gasteiger partial charge in [-0.2, -0.15) is 4.98 Å². The third-order valence-electron chi connectivity index (χ3n) is 4.81. The minimum Gasteiger partial charge on any atom is -0.339 e. The van der Waals surface area contributed by atoms with Gasteiger partial charge in [-0.25, -0.2) is 0 Å². The van der Waals surface area contributed by atoms with E-state index in [4.69, 9.17) is 10.3 Å². The Morgan fingerprint density at radius 3 is 2.85 bits per heavy atom. The van der Waals surface area contributed by atoms with Crippen LogP contribution in [-0.4, -0.2) is 10.1 Å². The number of fused-ring (bicyclic) bond motifs is 1. The standard InChI is InChI=1S/C16H19N3O/c17-16(9-3-4-10-16)15-18-14(20-19-15)13-8-7-11-5-1-2-6-12(11)13/h1-2,5-6,13H,3-4,7-10,17H2. The summed E-state index contributed by atoms with van der Waals surface area (Å²) in [5.41, 5.74) is 8.78. The third-order valence-corrected chi connectivity index (χ3v) is 4.81. The van der Waals surface area contributed by atoms with Crippen LogP contribution in [0.25, 0.3) is 0 Å². The van der Waals surface area contributed by atoms with E-state index < -0.39 is 0 Å². The number of hydrogen-bond acceptors (Lipinski definition) is 4. The minimum atomic E-state index is -0.361. The van der Waals surface area contributed by atoms with Crippen molar-refractivity contribution < 1.29 is 4.52 Å². The van der Waals surface area contributed by atoms with Crippen LogP contribution in [0.4, 0.5) is 0 Å². The fourth-order valence-electron chi connectivity index (χ4n) is 3.62. The Morgan fingerprint density at radius 2 is 2.00 bits per heavy atom. The largest absolute Gasteiger partial charge is 0.339 e. The third kappa shape index (κ3) is 1.79. The Kier molecular flexibility index (Phi) is 2.67. The summed E-state index contributed by atoms with van der Waals surface area (Å²) in [6.07, 6.45) is 6.39. The van der Waals surface area contributed by atoms with E-state index in [0.717, 1.165) is 44.4 Å². The second kappa shape index (κ2) is 4.42. The Labute approximate surface area is 118 Å². The highest BCUT2D eigenvalue weighted by molar-refractivity contribution is 5.38. The van der Waals surface area contributed by atoms with Gasteiger partial charge in [-0.05, 0) is 36.8 Å². The zero-order valence-corrected chi connectivity index (χ0v) is 11.5. The van der Waals surface area contributed by atoms with Crippen molar-refractivity contribution in [2.24, 2.45) is 5.73 Å². The molecule has 2 aliphatic carbocycles. The van der Waals surface area contributed by atoms with Crippen LogP contribution >= 0.6 is 0 Å². The van der Waals surface area contributed by atoms with Gasteiger partial charge in [-0.3, -0.25) is 0 Å². The maximum atomic E-state index is 6.40. The first-order chi connectivity index (χ1) is 9.76. The molecule has 2 N–H and O–H groups in total. The molecule has 1 heterocycles. The van der Waals surface area contributed by atoms with Crippen LogP contribution in [0.1, 0.15) is 60.9 Å². The maximum Gasteiger partial charge on any atom is 0.234 e. The Bertz CT molecular complexity index is 628. The molecule has 20 heavy (non-hydrogen) atoms. The second-order valence-electron chi connectivity index (χ2n) is 6.11. The molecule has 1 atom stereocenters. The molecule has 1 aromatic carbocycles. The molecule has 0 aliphatic heterocycles. The van der Waals surface area contributed by atoms with E-state index in [1.165, 1.54) is 11.1 Å². The fraction of sp³-hybridized carbons (Fsp3) is 0.500. The number of nitrogens with two attached hydrogens (primary N) is 1. The Hall–Kier alpha value is -1.68. The van der Waals surface area contributed by atoms with E-state index in [2.05, 4.69) is 34.4 Å². The zero-order chi connectivity index (χ0) is 13.6. The summed E-state index contributed by atoms with van der Waals surface area (Å²) in [6, 6.07) is 8.53. The predicted molar refractivity (Wildman–Crippen MR) is 75.2 cm³/mol. The number of nitrogens with zero attached hydrogens (tertiary/aromatic N) is 2. The van der Waals surface area contributed by atoms with Crippen LogP contribution in [0.15, 0.2) is 28.8 Å². The minimum absolute atomic E-state index is 0.248. The van der Waals surface area contributed by atoms with Gasteiger partial charge < -0.3 is 10.3 Å². The highest BCUT2D eigenvalue weighted by Crippen LogP contribution is 2.39. The van der Waals surface area contributed by atoms with E-state index >= 15 is 0 Å². The first kappa shape index (κ1) is 12.1. The maximum absolute atomic E-state index is 6.40. The molecule has 4 heteroatoms. The number of aromatic nitrogens is 2. The van der Waals surface area contributed by atoms with Crippen molar-refractivity contribution in [2.45, 2.75) is 50.0 Å². The highest BCUT2D eigenvalue weighted by Gasteiger charge is 2.37. The summed E-state index contributed by atoms with van der Waals surface area (Å²) in [5.74, 6) is 1.69. The van der Waals surface area contributed by atoms with Crippen molar-refractivity contribution in [3.8, 4) is 0 Å².